The summed E-state index contributed by atoms with van der Waals surface area (Å²) < 4.78 is 14.1. The number of nitrogens with zero attached hydrogens (tertiary/aromatic N) is 4. The van der Waals surface area contributed by atoms with Gasteiger partial charge in [0, 0.05) is 22.7 Å². The average Bonchev–Trinajstić information content (AvgIpc) is 3.12. The quantitative estimate of drug-likeness (QED) is 0.325. The van der Waals surface area contributed by atoms with Crippen LogP contribution < -0.4 is 22.1 Å². The number of pyridine rings is 1. The third-order valence-electron chi connectivity index (χ3n) is 4.35. The van der Waals surface area contributed by atoms with Crippen molar-refractivity contribution >= 4 is 34.2 Å². The molecule has 0 spiro atoms. The minimum absolute atomic E-state index is 0.0392. The Balaban J connectivity index is 2.02. The predicted molar refractivity (Wildman–Crippen MR) is 97.7 cm³/mol. The van der Waals surface area contributed by atoms with Crippen molar-refractivity contribution in [3.63, 3.8) is 0 Å². The molecule has 0 radical (unpaired) electrons. The highest BCUT2D eigenvalue weighted by molar-refractivity contribution is 5.99. The highest BCUT2D eigenvalue weighted by Crippen LogP contribution is 2.42. The molecule has 1 unspecified atom stereocenters. The third-order valence-corrected chi connectivity index (χ3v) is 4.35. The van der Waals surface area contributed by atoms with E-state index in [1.165, 1.54) is 6.07 Å². The molecular formula is C17H12FN9. The molecule has 3 heterocycles. The van der Waals surface area contributed by atoms with Gasteiger partial charge in [-0.15, -0.1) is 0 Å². The molecule has 4 rings (SSSR count). The summed E-state index contributed by atoms with van der Waals surface area (Å²) in [5.74, 6) is -0.0206. The molecule has 7 N–H and O–H groups in total. The number of hydrogen-bond acceptors (Lipinski definition) is 8. The van der Waals surface area contributed by atoms with Crippen molar-refractivity contribution in [2.24, 2.45) is 4.99 Å². The number of benzene rings is 1. The first-order chi connectivity index (χ1) is 13.0. The van der Waals surface area contributed by atoms with Crippen LogP contribution >= 0.6 is 0 Å². The zero-order valence-corrected chi connectivity index (χ0v) is 13.7. The van der Waals surface area contributed by atoms with Gasteiger partial charge in [0.1, 0.15) is 35.1 Å². The number of nitrogen functional groups attached to an aromatic ring is 2. The minimum Gasteiger partial charge on any atom is -0.397 e. The molecule has 2 aromatic heterocycles. The lowest BCUT2D eigenvalue weighted by Crippen LogP contribution is -2.32. The lowest BCUT2D eigenvalue weighted by Gasteiger charge is -2.26. The van der Waals surface area contributed by atoms with E-state index >= 15 is 0 Å². The van der Waals surface area contributed by atoms with Gasteiger partial charge in [0.2, 0.25) is 5.96 Å². The van der Waals surface area contributed by atoms with Gasteiger partial charge in [-0.3, -0.25) is 5.32 Å². The second-order valence-electron chi connectivity index (χ2n) is 5.80. The largest absolute Gasteiger partial charge is 0.397 e. The number of aromatic nitrogens is 2. The van der Waals surface area contributed by atoms with E-state index in [1.54, 1.807) is 24.5 Å². The van der Waals surface area contributed by atoms with Crippen molar-refractivity contribution in [3.8, 4) is 12.3 Å². The van der Waals surface area contributed by atoms with E-state index in [0.29, 0.717) is 22.0 Å². The molecule has 0 saturated carbocycles. The first-order valence-corrected chi connectivity index (χ1v) is 7.79. The number of aliphatic imine (C=N–C) groups is 1. The zero-order chi connectivity index (χ0) is 19.1. The number of guanidine groups is 1. The first kappa shape index (κ1) is 16.2. The van der Waals surface area contributed by atoms with Gasteiger partial charge in [-0.25, -0.2) is 14.4 Å². The Labute approximate surface area is 152 Å². The maximum atomic E-state index is 14.1. The molecule has 132 valence electrons. The molecule has 1 aliphatic rings. The van der Waals surface area contributed by atoms with Crippen molar-refractivity contribution in [1.82, 2.24) is 15.3 Å². The van der Waals surface area contributed by atoms with E-state index in [9.17, 15) is 9.65 Å². The van der Waals surface area contributed by atoms with E-state index in [0.717, 1.165) is 0 Å². The van der Waals surface area contributed by atoms with Gasteiger partial charge in [-0.05, 0) is 12.1 Å². The van der Waals surface area contributed by atoms with Crippen molar-refractivity contribution < 1.29 is 4.39 Å². The number of rotatable bonds is 1. The standard InChI is InChI=1S/C17H12FN9/c18-10-2-1-8(13-7(10)3-4-23-13)14-11-12(21)9(5-19)15(22)26-16(11)27-17(25-14)24-6-20/h1-4,14,23H,(H6,21,22,24,25,26,27). The second kappa shape index (κ2) is 5.89. The molecule has 0 bridgehead atoms. The monoisotopic (exact) mass is 361 g/mol. The number of halogens is 1. The summed E-state index contributed by atoms with van der Waals surface area (Å²) in [5, 5.41) is 23.9. The van der Waals surface area contributed by atoms with Crippen LogP contribution in [0.4, 0.5) is 21.7 Å². The van der Waals surface area contributed by atoms with Gasteiger partial charge in [-0.2, -0.15) is 10.5 Å². The molecule has 3 aromatic rings. The number of nitriles is 2. The topological polar surface area (TPSA) is 165 Å². The fourth-order valence-electron chi connectivity index (χ4n) is 3.18. The first-order valence-electron chi connectivity index (χ1n) is 7.79. The Morgan fingerprint density at radius 2 is 2.04 bits per heavy atom. The fourth-order valence-corrected chi connectivity index (χ4v) is 3.18. The molecule has 0 aliphatic carbocycles. The third kappa shape index (κ3) is 2.36. The van der Waals surface area contributed by atoms with Crippen LogP contribution in [0.3, 0.4) is 0 Å². The van der Waals surface area contributed by atoms with Crippen molar-refractivity contribution in [3.05, 3.63) is 46.9 Å². The number of H-pyrrole nitrogens is 1. The van der Waals surface area contributed by atoms with Crippen molar-refractivity contribution in [2.75, 3.05) is 16.8 Å². The van der Waals surface area contributed by atoms with Gasteiger partial charge >= 0.3 is 0 Å². The van der Waals surface area contributed by atoms with Gasteiger partial charge in [0.25, 0.3) is 0 Å². The predicted octanol–water partition coefficient (Wildman–Crippen LogP) is 1.68. The lowest BCUT2D eigenvalue weighted by atomic mass is 9.94. The highest BCUT2D eigenvalue weighted by atomic mass is 19.1. The summed E-state index contributed by atoms with van der Waals surface area (Å²) in [6, 6.07) is 5.71. The molecule has 9 nitrogen and oxygen atoms in total. The summed E-state index contributed by atoms with van der Waals surface area (Å²) in [6.07, 6.45) is 3.39. The maximum Gasteiger partial charge on any atom is 0.211 e. The van der Waals surface area contributed by atoms with Gasteiger partial charge in [0.15, 0.2) is 6.19 Å². The van der Waals surface area contributed by atoms with Crippen LogP contribution in [0.25, 0.3) is 10.9 Å². The Morgan fingerprint density at radius 1 is 1.22 bits per heavy atom. The van der Waals surface area contributed by atoms with Crippen LogP contribution in [0.15, 0.2) is 29.4 Å². The molecular weight excluding hydrogens is 349 g/mol. The average molecular weight is 361 g/mol. The van der Waals surface area contributed by atoms with E-state index in [1.807, 2.05) is 6.07 Å². The molecule has 0 amide bonds. The maximum absolute atomic E-state index is 14.1. The molecule has 1 aromatic carbocycles. The summed E-state index contributed by atoms with van der Waals surface area (Å²) >= 11 is 0. The number of aromatic amines is 1. The van der Waals surface area contributed by atoms with E-state index in [4.69, 9.17) is 16.7 Å². The fraction of sp³-hybridized carbons (Fsp3) is 0.0588. The van der Waals surface area contributed by atoms with Crippen LogP contribution in [-0.2, 0) is 0 Å². The second-order valence-corrected chi connectivity index (χ2v) is 5.80. The minimum atomic E-state index is -0.737. The summed E-state index contributed by atoms with van der Waals surface area (Å²) in [4.78, 5) is 11.7. The number of anilines is 3. The summed E-state index contributed by atoms with van der Waals surface area (Å²) in [6.45, 7) is 0. The Hall–Kier alpha value is -4.31. The number of nitrogens with one attached hydrogen (secondary N) is 3. The van der Waals surface area contributed by atoms with Gasteiger partial charge < -0.3 is 21.8 Å². The lowest BCUT2D eigenvalue weighted by molar-refractivity contribution is 0.639. The van der Waals surface area contributed by atoms with Gasteiger partial charge in [-0.1, -0.05) is 6.07 Å². The summed E-state index contributed by atoms with van der Waals surface area (Å²) in [7, 11) is 0. The molecule has 10 heteroatoms. The number of nitrogens with two attached hydrogens (primary N) is 2. The molecule has 1 atom stereocenters. The van der Waals surface area contributed by atoms with Crippen LogP contribution in [-0.4, -0.2) is 15.9 Å². The van der Waals surface area contributed by atoms with E-state index < -0.39 is 6.04 Å². The highest BCUT2D eigenvalue weighted by Gasteiger charge is 2.31. The van der Waals surface area contributed by atoms with E-state index in [-0.39, 0.29) is 34.7 Å². The van der Waals surface area contributed by atoms with Crippen molar-refractivity contribution in [2.45, 2.75) is 6.04 Å². The Kier molecular flexibility index (Phi) is 3.53. The van der Waals surface area contributed by atoms with E-state index in [2.05, 4.69) is 25.6 Å². The van der Waals surface area contributed by atoms with Crippen molar-refractivity contribution in [1.29, 1.82) is 10.5 Å². The zero-order valence-electron chi connectivity index (χ0n) is 13.7. The smallest absolute Gasteiger partial charge is 0.211 e. The summed E-state index contributed by atoms with van der Waals surface area (Å²) in [5.41, 5.74) is 13.7. The Morgan fingerprint density at radius 3 is 2.78 bits per heavy atom. The molecule has 27 heavy (non-hydrogen) atoms. The van der Waals surface area contributed by atoms with Crippen LogP contribution in [0.1, 0.15) is 22.7 Å². The number of fused-ring (bicyclic) bond motifs is 2. The molecule has 0 saturated heterocycles. The normalized spacial score (nSPS) is 15.2. The van der Waals surface area contributed by atoms with Gasteiger partial charge in [0.05, 0.1) is 11.2 Å². The SMILES string of the molecule is N#CNC1=NC(c2ccc(F)c3cc[nH]c23)c2c(nc(N)c(C#N)c2N)N1. The van der Waals surface area contributed by atoms with Crippen LogP contribution in [0.5, 0.6) is 0 Å². The van der Waals surface area contributed by atoms with Crippen LogP contribution in [0.2, 0.25) is 0 Å². The Bertz CT molecular complexity index is 1200. The van der Waals surface area contributed by atoms with Crippen LogP contribution in [0, 0.1) is 28.6 Å². The molecule has 1 aliphatic heterocycles. The molecule has 0 fully saturated rings. The number of hydrogen-bond donors (Lipinski definition) is 5.